The summed E-state index contributed by atoms with van der Waals surface area (Å²) >= 11 is 0. The average Bonchev–Trinajstić information content (AvgIpc) is 2.33. The molecule has 1 rings (SSSR count). The van der Waals surface area contributed by atoms with Crippen LogP contribution in [-0.2, 0) is 16.1 Å². The van der Waals surface area contributed by atoms with Gasteiger partial charge in [0.2, 0.25) is 0 Å². The molecular formula is C14H20BrNO2. The van der Waals surface area contributed by atoms with E-state index >= 15 is 0 Å². The third-order valence-corrected chi connectivity index (χ3v) is 2.72. The van der Waals surface area contributed by atoms with E-state index in [1.165, 1.54) is 22.8 Å². The van der Waals surface area contributed by atoms with Gasteiger partial charge < -0.3 is 10.1 Å². The number of rotatable bonds is 6. The normalized spacial score (nSPS) is 9.44. The van der Waals surface area contributed by atoms with Crippen LogP contribution < -0.4 is 5.32 Å². The summed E-state index contributed by atoms with van der Waals surface area (Å²) in [5.41, 5.74) is 3.88. The molecule has 0 atom stereocenters. The Morgan fingerprint density at radius 1 is 1.44 bits per heavy atom. The van der Waals surface area contributed by atoms with Crippen LogP contribution >= 0.6 is 17.0 Å². The Kier molecular flexibility index (Phi) is 8.33. The Labute approximate surface area is 119 Å². The first-order valence-electron chi connectivity index (χ1n) is 5.70. The standard InChI is InChI=1S/C14H19NO2.BrH/c1-4-14(16)17-9-8-15-10-13-7-5-6-11(2)12(13)3;/h4-7,15H,1,8-10H2,2-3H3;1H. The number of carbonyl (C=O) groups is 1. The summed E-state index contributed by atoms with van der Waals surface area (Å²) in [4.78, 5) is 10.8. The number of ether oxygens (including phenoxy) is 1. The van der Waals surface area contributed by atoms with Gasteiger partial charge in [0.15, 0.2) is 0 Å². The monoisotopic (exact) mass is 313 g/mol. The number of nitrogens with one attached hydrogen (secondary N) is 1. The molecule has 0 radical (unpaired) electrons. The van der Waals surface area contributed by atoms with Crippen molar-refractivity contribution < 1.29 is 9.53 Å². The van der Waals surface area contributed by atoms with Crippen LogP contribution in [-0.4, -0.2) is 19.1 Å². The highest BCUT2D eigenvalue weighted by atomic mass is 79.9. The summed E-state index contributed by atoms with van der Waals surface area (Å²) in [6.45, 7) is 9.36. The van der Waals surface area contributed by atoms with Gasteiger partial charge in [-0.15, -0.1) is 17.0 Å². The van der Waals surface area contributed by atoms with E-state index in [0.29, 0.717) is 13.2 Å². The number of aryl methyl sites for hydroxylation is 1. The van der Waals surface area contributed by atoms with Gasteiger partial charge in [0.25, 0.3) is 0 Å². The van der Waals surface area contributed by atoms with Crippen LogP contribution in [0.3, 0.4) is 0 Å². The van der Waals surface area contributed by atoms with Crippen LogP contribution in [0.5, 0.6) is 0 Å². The molecule has 0 heterocycles. The summed E-state index contributed by atoms with van der Waals surface area (Å²) in [5, 5.41) is 3.24. The second-order valence-corrected chi connectivity index (χ2v) is 3.91. The number of halogens is 1. The number of hydrogen-bond donors (Lipinski definition) is 1. The average molecular weight is 314 g/mol. The van der Waals surface area contributed by atoms with Crippen molar-refractivity contribution >= 4 is 23.0 Å². The largest absolute Gasteiger partial charge is 0.461 e. The maximum Gasteiger partial charge on any atom is 0.330 e. The van der Waals surface area contributed by atoms with E-state index in [1.54, 1.807) is 0 Å². The zero-order chi connectivity index (χ0) is 12.7. The van der Waals surface area contributed by atoms with Crippen molar-refractivity contribution in [3.05, 3.63) is 47.5 Å². The third-order valence-electron chi connectivity index (χ3n) is 2.72. The molecule has 0 saturated heterocycles. The second kappa shape index (κ2) is 8.89. The molecule has 0 unspecified atom stereocenters. The zero-order valence-corrected chi connectivity index (χ0v) is 12.6. The van der Waals surface area contributed by atoms with Crippen molar-refractivity contribution in [2.45, 2.75) is 20.4 Å². The van der Waals surface area contributed by atoms with Gasteiger partial charge in [0, 0.05) is 19.2 Å². The highest BCUT2D eigenvalue weighted by Crippen LogP contribution is 2.11. The highest BCUT2D eigenvalue weighted by molar-refractivity contribution is 8.93. The van der Waals surface area contributed by atoms with E-state index in [0.717, 1.165) is 6.54 Å². The SMILES string of the molecule is Br.C=CC(=O)OCCNCc1cccc(C)c1C. The van der Waals surface area contributed by atoms with Crippen LogP contribution in [0.1, 0.15) is 16.7 Å². The first kappa shape index (κ1) is 16.9. The first-order valence-corrected chi connectivity index (χ1v) is 5.70. The smallest absolute Gasteiger partial charge is 0.330 e. The van der Waals surface area contributed by atoms with E-state index in [1.807, 2.05) is 0 Å². The third kappa shape index (κ3) is 5.47. The molecule has 1 N–H and O–H groups in total. The van der Waals surface area contributed by atoms with Crippen LogP contribution in [0.2, 0.25) is 0 Å². The Morgan fingerprint density at radius 3 is 2.83 bits per heavy atom. The molecule has 0 aliphatic rings. The second-order valence-electron chi connectivity index (χ2n) is 3.91. The van der Waals surface area contributed by atoms with Crippen LogP contribution in [0.25, 0.3) is 0 Å². The molecule has 0 spiro atoms. The van der Waals surface area contributed by atoms with E-state index in [9.17, 15) is 4.79 Å². The van der Waals surface area contributed by atoms with Crippen LogP contribution in [0.15, 0.2) is 30.9 Å². The maximum atomic E-state index is 10.8. The van der Waals surface area contributed by atoms with Gasteiger partial charge in [0.05, 0.1) is 0 Å². The number of hydrogen-bond acceptors (Lipinski definition) is 3. The van der Waals surface area contributed by atoms with E-state index in [4.69, 9.17) is 4.74 Å². The topological polar surface area (TPSA) is 38.3 Å². The molecule has 0 fully saturated rings. The number of esters is 1. The van der Waals surface area contributed by atoms with Crippen molar-refractivity contribution in [3.63, 3.8) is 0 Å². The van der Waals surface area contributed by atoms with E-state index in [-0.39, 0.29) is 23.0 Å². The minimum absolute atomic E-state index is 0. The van der Waals surface area contributed by atoms with Gasteiger partial charge in [-0.05, 0) is 30.5 Å². The lowest BCUT2D eigenvalue weighted by Crippen LogP contribution is -2.21. The van der Waals surface area contributed by atoms with E-state index in [2.05, 4.69) is 43.9 Å². The minimum atomic E-state index is -0.376. The molecule has 0 aliphatic carbocycles. The molecule has 0 aliphatic heterocycles. The summed E-state index contributed by atoms with van der Waals surface area (Å²) in [5.74, 6) is -0.376. The molecule has 18 heavy (non-hydrogen) atoms. The molecule has 100 valence electrons. The molecule has 0 amide bonds. The Morgan fingerprint density at radius 2 is 2.17 bits per heavy atom. The lowest BCUT2D eigenvalue weighted by molar-refractivity contribution is -0.137. The fourth-order valence-electron chi connectivity index (χ4n) is 1.51. The Bertz CT molecular complexity index is 405. The lowest BCUT2D eigenvalue weighted by Gasteiger charge is -2.09. The van der Waals surface area contributed by atoms with E-state index < -0.39 is 0 Å². The van der Waals surface area contributed by atoms with Gasteiger partial charge in [0.1, 0.15) is 6.61 Å². The summed E-state index contributed by atoms with van der Waals surface area (Å²) in [6, 6.07) is 6.26. The van der Waals surface area contributed by atoms with Gasteiger partial charge in [-0.2, -0.15) is 0 Å². The van der Waals surface area contributed by atoms with Crippen molar-refractivity contribution in [2.75, 3.05) is 13.2 Å². The first-order chi connectivity index (χ1) is 8.15. The summed E-state index contributed by atoms with van der Waals surface area (Å²) in [6.07, 6.45) is 1.17. The summed E-state index contributed by atoms with van der Waals surface area (Å²) in [7, 11) is 0. The number of carbonyl (C=O) groups excluding carboxylic acids is 1. The Hall–Kier alpha value is -1.13. The number of benzene rings is 1. The minimum Gasteiger partial charge on any atom is -0.461 e. The van der Waals surface area contributed by atoms with Crippen molar-refractivity contribution in [2.24, 2.45) is 0 Å². The molecule has 1 aromatic rings. The molecule has 0 saturated carbocycles. The maximum absolute atomic E-state index is 10.8. The summed E-state index contributed by atoms with van der Waals surface area (Å²) < 4.78 is 4.86. The predicted molar refractivity (Wildman–Crippen MR) is 79.1 cm³/mol. The molecule has 0 aromatic heterocycles. The van der Waals surface area contributed by atoms with Crippen LogP contribution in [0, 0.1) is 13.8 Å². The van der Waals surface area contributed by atoms with Crippen molar-refractivity contribution in [1.82, 2.24) is 5.32 Å². The Balaban J connectivity index is 0.00000289. The molecule has 1 aromatic carbocycles. The predicted octanol–water partition coefficient (Wildman–Crippen LogP) is 2.70. The van der Waals surface area contributed by atoms with Gasteiger partial charge in [-0.1, -0.05) is 24.8 Å². The van der Waals surface area contributed by atoms with Gasteiger partial charge in [-0.3, -0.25) is 0 Å². The quantitative estimate of drug-likeness (QED) is 0.498. The van der Waals surface area contributed by atoms with Gasteiger partial charge in [-0.25, -0.2) is 4.79 Å². The fourth-order valence-corrected chi connectivity index (χ4v) is 1.51. The van der Waals surface area contributed by atoms with Gasteiger partial charge >= 0.3 is 5.97 Å². The fraction of sp³-hybridized carbons (Fsp3) is 0.357. The molecular weight excluding hydrogens is 294 g/mol. The molecule has 0 bridgehead atoms. The lowest BCUT2D eigenvalue weighted by atomic mass is 10.0. The van der Waals surface area contributed by atoms with Crippen molar-refractivity contribution in [3.8, 4) is 0 Å². The molecule has 3 nitrogen and oxygen atoms in total. The highest BCUT2D eigenvalue weighted by Gasteiger charge is 2.00. The zero-order valence-electron chi connectivity index (χ0n) is 10.9. The molecule has 4 heteroatoms. The van der Waals surface area contributed by atoms with Crippen LogP contribution in [0.4, 0.5) is 0 Å². The van der Waals surface area contributed by atoms with Crippen molar-refractivity contribution in [1.29, 1.82) is 0 Å².